The topological polar surface area (TPSA) is 38.7 Å². The molecule has 0 radical (unpaired) electrons. The summed E-state index contributed by atoms with van der Waals surface area (Å²) in [5.41, 5.74) is 10.3. The zero-order valence-corrected chi connectivity index (χ0v) is 30.5. The van der Waals surface area contributed by atoms with Crippen LogP contribution in [0.15, 0.2) is 176 Å². The fraction of sp³-hybridized carbons (Fsp3) is 0. The number of thiophene rings is 2. The fourth-order valence-corrected chi connectivity index (χ4v) is 10.1. The Morgan fingerprint density at radius 2 is 0.907 bits per heavy atom. The van der Waals surface area contributed by atoms with Crippen molar-refractivity contribution in [2.45, 2.75) is 0 Å². The summed E-state index contributed by atoms with van der Waals surface area (Å²) in [6, 6.07) is 62.3. The minimum atomic E-state index is 0.689. The first-order chi connectivity index (χ1) is 26.7. The highest BCUT2D eigenvalue weighted by Crippen LogP contribution is 2.42. The summed E-state index contributed by atoms with van der Waals surface area (Å²) in [7, 11) is 0. The van der Waals surface area contributed by atoms with Crippen molar-refractivity contribution >= 4 is 73.9 Å². The molecule has 5 heteroatoms. The summed E-state index contributed by atoms with van der Waals surface area (Å²) in [6.07, 6.45) is 0. The third-order valence-electron chi connectivity index (χ3n) is 10.3. The van der Waals surface area contributed by atoms with Gasteiger partial charge in [0.05, 0.1) is 27.3 Å². The van der Waals surface area contributed by atoms with Crippen molar-refractivity contribution in [2.24, 2.45) is 0 Å². The van der Waals surface area contributed by atoms with Crippen LogP contribution in [-0.2, 0) is 0 Å². The van der Waals surface area contributed by atoms with Gasteiger partial charge in [-0.15, -0.1) is 22.7 Å². The van der Waals surface area contributed by atoms with Gasteiger partial charge in [0.1, 0.15) is 0 Å². The maximum atomic E-state index is 5.33. The van der Waals surface area contributed by atoms with E-state index >= 15 is 0 Å². The molecule has 0 fully saturated rings. The molecule has 0 spiro atoms. The van der Waals surface area contributed by atoms with Gasteiger partial charge in [0, 0.05) is 63.3 Å². The number of nitrogens with zero attached hydrogens (tertiary/aromatic N) is 3. The lowest BCUT2D eigenvalue weighted by Gasteiger charge is -2.12. The Bertz CT molecular complexity index is 3210. The van der Waals surface area contributed by atoms with Crippen molar-refractivity contribution in [3.8, 4) is 56.3 Å². The Morgan fingerprint density at radius 3 is 1.74 bits per heavy atom. The van der Waals surface area contributed by atoms with E-state index in [0.717, 1.165) is 55.8 Å². The molecule has 0 bridgehead atoms. The van der Waals surface area contributed by atoms with E-state index in [-0.39, 0.29) is 0 Å². The van der Waals surface area contributed by atoms with Gasteiger partial charge in [-0.1, -0.05) is 152 Å². The van der Waals surface area contributed by atoms with Gasteiger partial charge in [-0.3, -0.25) is 0 Å². The van der Waals surface area contributed by atoms with Crippen LogP contribution in [-0.4, -0.2) is 15.0 Å². The molecule has 0 aliphatic heterocycles. The van der Waals surface area contributed by atoms with Crippen molar-refractivity contribution in [1.29, 1.82) is 0 Å². The lowest BCUT2D eigenvalue weighted by molar-refractivity contribution is 1.19. The Morgan fingerprint density at radius 1 is 0.333 bits per heavy atom. The van der Waals surface area contributed by atoms with Gasteiger partial charge in [0.15, 0.2) is 5.82 Å². The van der Waals surface area contributed by atoms with Crippen LogP contribution in [0.25, 0.3) is 108 Å². The number of pyridine rings is 1. The number of aromatic nitrogens is 3. The highest BCUT2D eigenvalue weighted by Gasteiger charge is 2.18. The van der Waals surface area contributed by atoms with Crippen molar-refractivity contribution in [3.05, 3.63) is 176 Å². The largest absolute Gasteiger partial charge is 0.246 e. The molecule has 11 rings (SSSR count). The Kier molecular flexibility index (Phi) is 7.22. The maximum absolute atomic E-state index is 5.33. The van der Waals surface area contributed by atoms with E-state index in [9.17, 15) is 0 Å². The van der Waals surface area contributed by atoms with E-state index in [1.54, 1.807) is 0 Å². The number of rotatable bonds is 5. The predicted molar refractivity (Wildman–Crippen MR) is 230 cm³/mol. The van der Waals surface area contributed by atoms with E-state index in [4.69, 9.17) is 15.0 Å². The molecular weight excluding hydrogens is 695 g/mol. The maximum Gasteiger partial charge on any atom is 0.160 e. The normalized spacial score (nSPS) is 11.7. The highest BCUT2D eigenvalue weighted by atomic mass is 32.1. The first-order valence-electron chi connectivity index (χ1n) is 18.0. The molecule has 0 aliphatic carbocycles. The van der Waals surface area contributed by atoms with Gasteiger partial charge >= 0.3 is 0 Å². The monoisotopic (exact) mass is 723 g/mol. The van der Waals surface area contributed by atoms with Gasteiger partial charge in [-0.25, -0.2) is 15.0 Å². The molecule has 4 heterocycles. The van der Waals surface area contributed by atoms with Gasteiger partial charge in [-0.05, 0) is 35.4 Å². The van der Waals surface area contributed by atoms with E-state index in [2.05, 4.69) is 176 Å². The number of hydrogen-bond donors (Lipinski definition) is 0. The zero-order valence-electron chi connectivity index (χ0n) is 28.9. The third kappa shape index (κ3) is 5.12. The fourth-order valence-electron chi connectivity index (χ4n) is 7.68. The van der Waals surface area contributed by atoms with Crippen molar-refractivity contribution in [3.63, 3.8) is 0 Å². The third-order valence-corrected chi connectivity index (χ3v) is 12.7. The van der Waals surface area contributed by atoms with E-state index in [0.29, 0.717) is 5.82 Å². The van der Waals surface area contributed by atoms with Crippen LogP contribution in [0.4, 0.5) is 0 Å². The Labute approximate surface area is 319 Å². The van der Waals surface area contributed by atoms with Crippen LogP contribution < -0.4 is 0 Å². The minimum absolute atomic E-state index is 0.689. The van der Waals surface area contributed by atoms with E-state index < -0.39 is 0 Å². The summed E-state index contributed by atoms with van der Waals surface area (Å²) in [5.74, 6) is 0.689. The lowest BCUT2D eigenvalue weighted by Crippen LogP contribution is -1.96. The van der Waals surface area contributed by atoms with E-state index in [1.807, 2.05) is 22.7 Å². The van der Waals surface area contributed by atoms with Crippen LogP contribution in [0.2, 0.25) is 0 Å². The quantitative estimate of drug-likeness (QED) is 0.177. The van der Waals surface area contributed by atoms with Gasteiger partial charge in [0.2, 0.25) is 0 Å². The molecule has 3 nitrogen and oxygen atoms in total. The van der Waals surface area contributed by atoms with Gasteiger partial charge in [0.25, 0.3) is 0 Å². The summed E-state index contributed by atoms with van der Waals surface area (Å²) < 4.78 is 4.99. The highest BCUT2D eigenvalue weighted by molar-refractivity contribution is 7.27. The summed E-state index contributed by atoms with van der Waals surface area (Å²) in [6.45, 7) is 0. The second-order valence-electron chi connectivity index (χ2n) is 13.5. The van der Waals surface area contributed by atoms with Crippen LogP contribution in [0.5, 0.6) is 0 Å². The first kappa shape index (κ1) is 31.0. The Hall–Kier alpha value is -6.53. The predicted octanol–water partition coefficient (Wildman–Crippen LogP) is 14.1. The van der Waals surface area contributed by atoms with Crippen molar-refractivity contribution in [2.75, 3.05) is 0 Å². The van der Waals surface area contributed by atoms with Gasteiger partial charge < -0.3 is 0 Å². The smallest absolute Gasteiger partial charge is 0.160 e. The standard InChI is InChI=1S/C49H29N3S2/c1-2-12-30(13-3-1)33-14-10-15-34(28-33)41-29-42(39-21-11-20-37-35-16-6-8-22-43(35)53-47(37)39)51-49(50-41)32-26-24-31(25-27-32)45-36-17-4-5-18-38(36)48-46(52-45)40-19-7-9-23-44(40)54-48/h1-29H. The molecule has 0 atom stereocenters. The second-order valence-corrected chi connectivity index (χ2v) is 15.7. The average molecular weight is 724 g/mol. The van der Waals surface area contributed by atoms with E-state index in [1.165, 1.54) is 45.9 Å². The van der Waals surface area contributed by atoms with Crippen LogP contribution in [0, 0.1) is 0 Å². The number of benzene rings is 7. The molecule has 0 aliphatic rings. The molecule has 0 amide bonds. The first-order valence-corrected chi connectivity index (χ1v) is 19.6. The molecule has 4 aromatic heterocycles. The number of hydrogen-bond acceptors (Lipinski definition) is 5. The summed E-state index contributed by atoms with van der Waals surface area (Å²) in [4.78, 5) is 15.9. The van der Waals surface area contributed by atoms with Crippen LogP contribution in [0.1, 0.15) is 0 Å². The average Bonchev–Trinajstić information content (AvgIpc) is 3.82. The molecular formula is C49H29N3S2. The zero-order chi connectivity index (χ0) is 35.6. The van der Waals surface area contributed by atoms with Crippen LogP contribution >= 0.6 is 22.7 Å². The molecule has 54 heavy (non-hydrogen) atoms. The molecule has 7 aromatic carbocycles. The molecule has 0 saturated carbocycles. The van der Waals surface area contributed by atoms with Crippen molar-refractivity contribution < 1.29 is 0 Å². The minimum Gasteiger partial charge on any atom is -0.246 e. The Balaban J connectivity index is 1.08. The number of fused-ring (bicyclic) bond motifs is 8. The molecule has 0 unspecified atom stereocenters. The second kappa shape index (κ2) is 12.6. The summed E-state index contributed by atoms with van der Waals surface area (Å²) >= 11 is 3.64. The summed E-state index contributed by atoms with van der Waals surface area (Å²) in [5, 5.41) is 6.11. The van der Waals surface area contributed by atoms with Gasteiger partial charge in [-0.2, -0.15) is 0 Å². The lowest BCUT2D eigenvalue weighted by atomic mass is 9.99. The molecule has 11 aromatic rings. The molecule has 252 valence electrons. The SMILES string of the molecule is c1ccc(-c2cccc(-c3cc(-c4cccc5c4sc4ccccc45)nc(-c4ccc(-c5nc6c7ccccc7sc6c6ccccc56)cc4)n3)c2)cc1. The molecule has 0 N–H and O–H groups in total. The van der Waals surface area contributed by atoms with Crippen molar-refractivity contribution in [1.82, 2.24) is 15.0 Å². The van der Waals surface area contributed by atoms with Crippen LogP contribution in [0.3, 0.4) is 0 Å². The molecule has 0 saturated heterocycles.